The zero-order valence-electron chi connectivity index (χ0n) is 10.6. The molecule has 1 nitrogen and oxygen atoms in total. The van der Waals surface area contributed by atoms with E-state index in [4.69, 9.17) is 0 Å². The van der Waals surface area contributed by atoms with E-state index in [9.17, 15) is 0 Å². The molecule has 0 amide bonds. The number of benzene rings is 1. The molecule has 0 atom stereocenters. The zero-order chi connectivity index (χ0) is 12.3. The quantitative estimate of drug-likeness (QED) is 0.665. The second-order valence-electron chi connectivity index (χ2n) is 3.66. The third-order valence-electron chi connectivity index (χ3n) is 2.55. The van der Waals surface area contributed by atoms with Crippen molar-refractivity contribution in [3.8, 4) is 0 Å². The van der Waals surface area contributed by atoms with Crippen LogP contribution < -0.4 is 0 Å². The summed E-state index contributed by atoms with van der Waals surface area (Å²) in [5, 5.41) is 1.19. The fourth-order valence-corrected chi connectivity index (χ4v) is 2.17. The molecule has 0 N–H and O–H groups in total. The SMILES string of the molecule is CC.Cc1ccc2c(Br)c(C)c(C)nc2c1. The number of pyridine rings is 1. The molecule has 0 saturated carbocycles. The first-order valence-electron chi connectivity index (χ1n) is 5.62. The van der Waals surface area contributed by atoms with Crippen molar-refractivity contribution in [3.05, 3.63) is 39.5 Å². The fourth-order valence-electron chi connectivity index (χ4n) is 1.55. The smallest absolute Gasteiger partial charge is 0.0719 e. The first-order chi connectivity index (χ1) is 7.59. The number of hydrogen-bond donors (Lipinski definition) is 0. The number of nitrogens with zero attached hydrogens (tertiary/aromatic N) is 1. The highest BCUT2D eigenvalue weighted by molar-refractivity contribution is 9.10. The van der Waals surface area contributed by atoms with Crippen molar-refractivity contribution in [1.29, 1.82) is 0 Å². The molecule has 16 heavy (non-hydrogen) atoms. The molecule has 0 bridgehead atoms. The minimum Gasteiger partial charge on any atom is -0.253 e. The second kappa shape index (κ2) is 5.44. The van der Waals surface area contributed by atoms with Crippen LogP contribution in [-0.4, -0.2) is 4.98 Å². The molecule has 2 aromatic rings. The van der Waals surface area contributed by atoms with Crippen LogP contribution in [0.4, 0.5) is 0 Å². The Labute approximate surface area is 106 Å². The van der Waals surface area contributed by atoms with Gasteiger partial charge < -0.3 is 0 Å². The Bertz CT molecular complexity index is 504. The Balaban J connectivity index is 0.000000606. The van der Waals surface area contributed by atoms with Gasteiger partial charge in [-0.05, 0) is 53.9 Å². The van der Waals surface area contributed by atoms with E-state index in [1.807, 2.05) is 20.8 Å². The molecule has 2 heteroatoms. The summed E-state index contributed by atoms with van der Waals surface area (Å²) in [6.07, 6.45) is 0. The minimum absolute atomic E-state index is 1.07. The highest BCUT2D eigenvalue weighted by Crippen LogP contribution is 2.28. The highest BCUT2D eigenvalue weighted by atomic mass is 79.9. The van der Waals surface area contributed by atoms with E-state index in [0.717, 1.165) is 11.2 Å². The lowest BCUT2D eigenvalue weighted by atomic mass is 10.1. The molecule has 0 aliphatic heterocycles. The summed E-state index contributed by atoms with van der Waals surface area (Å²) in [4.78, 5) is 4.57. The molecule has 86 valence electrons. The number of aromatic nitrogens is 1. The van der Waals surface area contributed by atoms with Crippen molar-refractivity contribution < 1.29 is 0 Å². The van der Waals surface area contributed by atoms with Gasteiger partial charge in [-0.25, -0.2) is 0 Å². The predicted molar refractivity (Wildman–Crippen MR) is 75.0 cm³/mol. The van der Waals surface area contributed by atoms with Crippen molar-refractivity contribution in [2.75, 3.05) is 0 Å². The molecule has 1 aromatic heterocycles. The van der Waals surface area contributed by atoms with E-state index in [-0.39, 0.29) is 0 Å². The zero-order valence-corrected chi connectivity index (χ0v) is 12.1. The van der Waals surface area contributed by atoms with Gasteiger partial charge in [0, 0.05) is 15.6 Å². The van der Waals surface area contributed by atoms with Crippen LogP contribution in [0, 0.1) is 20.8 Å². The first-order valence-corrected chi connectivity index (χ1v) is 6.42. The lowest BCUT2D eigenvalue weighted by Crippen LogP contribution is -1.91. The molecular formula is C14H18BrN. The molecule has 0 spiro atoms. The third-order valence-corrected chi connectivity index (χ3v) is 3.57. The van der Waals surface area contributed by atoms with Gasteiger partial charge in [-0.3, -0.25) is 4.98 Å². The molecule has 0 radical (unpaired) electrons. The largest absolute Gasteiger partial charge is 0.253 e. The van der Waals surface area contributed by atoms with Crippen LogP contribution in [0.1, 0.15) is 30.7 Å². The summed E-state index contributed by atoms with van der Waals surface area (Å²) < 4.78 is 1.17. The highest BCUT2D eigenvalue weighted by Gasteiger charge is 2.06. The van der Waals surface area contributed by atoms with Crippen molar-refractivity contribution in [2.24, 2.45) is 0 Å². The number of halogens is 1. The van der Waals surface area contributed by atoms with E-state index >= 15 is 0 Å². The lowest BCUT2D eigenvalue weighted by molar-refractivity contribution is 1.18. The summed E-state index contributed by atoms with van der Waals surface area (Å²) in [5.41, 5.74) is 4.64. The van der Waals surface area contributed by atoms with Crippen LogP contribution in [0.2, 0.25) is 0 Å². The fraction of sp³-hybridized carbons (Fsp3) is 0.357. The van der Waals surface area contributed by atoms with E-state index < -0.39 is 0 Å². The Morgan fingerprint density at radius 1 is 1.06 bits per heavy atom. The summed E-state index contributed by atoms with van der Waals surface area (Å²) in [6.45, 7) is 10.2. The van der Waals surface area contributed by atoms with E-state index in [2.05, 4.69) is 53.0 Å². The van der Waals surface area contributed by atoms with Crippen molar-refractivity contribution in [3.63, 3.8) is 0 Å². The molecule has 0 aliphatic rings. The van der Waals surface area contributed by atoms with Crippen LogP contribution in [-0.2, 0) is 0 Å². The van der Waals surface area contributed by atoms with E-state index in [1.54, 1.807) is 0 Å². The minimum atomic E-state index is 1.07. The number of hydrogen-bond acceptors (Lipinski definition) is 1. The Kier molecular flexibility index (Phi) is 4.48. The summed E-state index contributed by atoms with van der Waals surface area (Å²) in [7, 11) is 0. The summed E-state index contributed by atoms with van der Waals surface area (Å²) >= 11 is 3.62. The maximum absolute atomic E-state index is 4.57. The van der Waals surface area contributed by atoms with Gasteiger partial charge in [0.05, 0.1) is 5.52 Å². The Morgan fingerprint density at radius 2 is 1.69 bits per heavy atom. The molecule has 1 heterocycles. The number of rotatable bonds is 0. The predicted octanol–water partition coefficient (Wildman–Crippen LogP) is 4.95. The maximum atomic E-state index is 4.57. The lowest BCUT2D eigenvalue weighted by Gasteiger charge is -2.07. The van der Waals surface area contributed by atoms with E-state index in [1.165, 1.54) is 21.0 Å². The van der Waals surface area contributed by atoms with Gasteiger partial charge in [0.1, 0.15) is 0 Å². The number of aryl methyl sites for hydroxylation is 2. The van der Waals surface area contributed by atoms with E-state index in [0.29, 0.717) is 0 Å². The van der Waals surface area contributed by atoms with Crippen LogP contribution in [0.3, 0.4) is 0 Å². The molecule has 1 aromatic carbocycles. The average Bonchev–Trinajstić information content (AvgIpc) is 2.28. The van der Waals surface area contributed by atoms with Gasteiger partial charge >= 0.3 is 0 Å². The van der Waals surface area contributed by atoms with Crippen molar-refractivity contribution in [1.82, 2.24) is 4.98 Å². The van der Waals surface area contributed by atoms with Crippen LogP contribution in [0.25, 0.3) is 10.9 Å². The maximum Gasteiger partial charge on any atom is 0.0719 e. The van der Waals surface area contributed by atoms with Crippen LogP contribution >= 0.6 is 15.9 Å². The topological polar surface area (TPSA) is 12.9 Å². The van der Waals surface area contributed by atoms with Gasteiger partial charge in [-0.1, -0.05) is 26.0 Å². The molecule has 0 saturated heterocycles. The Morgan fingerprint density at radius 3 is 2.31 bits per heavy atom. The van der Waals surface area contributed by atoms with Crippen molar-refractivity contribution >= 4 is 26.8 Å². The standard InChI is InChI=1S/C12H12BrN.C2H6/c1-7-4-5-10-11(6-7)14-9(3)8(2)12(10)13;1-2/h4-6H,1-3H3;1-2H3. The second-order valence-corrected chi connectivity index (χ2v) is 4.45. The molecule has 0 aliphatic carbocycles. The van der Waals surface area contributed by atoms with Gasteiger partial charge in [0.15, 0.2) is 0 Å². The van der Waals surface area contributed by atoms with Crippen molar-refractivity contribution in [2.45, 2.75) is 34.6 Å². The molecular weight excluding hydrogens is 262 g/mol. The number of fused-ring (bicyclic) bond motifs is 1. The van der Waals surface area contributed by atoms with Gasteiger partial charge in [0.2, 0.25) is 0 Å². The average molecular weight is 280 g/mol. The third kappa shape index (κ3) is 2.43. The van der Waals surface area contributed by atoms with Gasteiger partial charge in [0.25, 0.3) is 0 Å². The Hall–Kier alpha value is -0.890. The summed E-state index contributed by atoms with van der Waals surface area (Å²) in [5.74, 6) is 0. The normalized spacial score (nSPS) is 9.88. The van der Waals surface area contributed by atoms with Crippen LogP contribution in [0.15, 0.2) is 22.7 Å². The monoisotopic (exact) mass is 279 g/mol. The molecule has 0 fully saturated rings. The van der Waals surface area contributed by atoms with Crippen LogP contribution in [0.5, 0.6) is 0 Å². The molecule has 2 rings (SSSR count). The molecule has 0 unspecified atom stereocenters. The summed E-state index contributed by atoms with van der Waals surface area (Å²) in [6, 6.07) is 6.35. The van der Waals surface area contributed by atoms with Gasteiger partial charge in [-0.2, -0.15) is 0 Å². The van der Waals surface area contributed by atoms with Gasteiger partial charge in [-0.15, -0.1) is 0 Å². The first kappa shape index (κ1) is 13.2.